The number of aryl methyl sites for hydroxylation is 1. The van der Waals surface area contributed by atoms with Crippen LogP contribution in [0.25, 0.3) is 0 Å². The van der Waals surface area contributed by atoms with E-state index in [0.717, 1.165) is 36.8 Å². The zero-order valence-corrected chi connectivity index (χ0v) is 12.5. The van der Waals surface area contributed by atoms with Gasteiger partial charge >= 0.3 is 0 Å². The monoisotopic (exact) mass is 284 g/mol. The van der Waals surface area contributed by atoms with Gasteiger partial charge in [-0.25, -0.2) is 19.9 Å². The maximum atomic E-state index is 4.67. The van der Waals surface area contributed by atoms with Crippen LogP contribution >= 0.6 is 0 Å². The summed E-state index contributed by atoms with van der Waals surface area (Å²) in [6, 6.07) is 4.04. The second-order valence-electron chi connectivity index (χ2n) is 5.24. The molecule has 1 aliphatic heterocycles. The molecule has 110 valence electrons. The van der Waals surface area contributed by atoms with E-state index in [1.54, 1.807) is 18.5 Å². The Balaban J connectivity index is 1.86. The minimum absolute atomic E-state index is 0.326. The van der Waals surface area contributed by atoms with E-state index in [0.29, 0.717) is 12.0 Å². The van der Waals surface area contributed by atoms with Gasteiger partial charge in [0.1, 0.15) is 11.6 Å². The molecule has 0 spiro atoms. The van der Waals surface area contributed by atoms with Crippen LogP contribution in [0.4, 0.5) is 11.8 Å². The average Bonchev–Trinajstić information content (AvgIpc) is 2.96. The van der Waals surface area contributed by atoms with Crippen molar-refractivity contribution in [1.29, 1.82) is 0 Å². The van der Waals surface area contributed by atoms with Crippen LogP contribution in [0.15, 0.2) is 24.5 Å². The van der Waals surface area contributed by atoms with Gasteiger partial charge in [-0.05, 0) is 38.9 Å². The predicted molar refractivity (Wildman–Crippen MR) is 81.3 cm³/mol. The maximum absolute atomic E-state index is 4.67. The van der Waals surface area contributed by atoms with E-state index in [-0.39, 0.29) is 0 Å². The second kappa shape index (κ2) is 6.13. The molecule has 0 aliphatic carbocycles. The summed E-state index contributed by atoms with van der Waals surface area (Å²) < 4.78 is 0. The molecule has 1 fully saturated rings. The lowest BCUT2D eigenvalue weighted by Crippen LogP contribution is -2.24. The largest absolute Gasteiger partial charge is 0.309 e. The molecular weight excluding hydrogens is 264 g/mol. The minimum atomic E-state index is 0.326. The van der Waals surface area contributed by atoms with Gasteiger partial charge in [0, 0.05) is 24.2 Å². The van der Waals surface area contributed by atoms with Gasteiger partial charge in [-0.2, -0.15) is 0 Å². The van der Waals surface area contributed by atoms with Gasteiger partial charge in [0.2, 0.25) is 5.95 Å². The topological polar surface area (TPSA) is 66.8 Å². The molecule has 0 bridgehead atoms. The summed E-state index contributed by atoms with van der Waals surface area (Å²) in [5.74, 6) is 2.21. The van der Waals surface area contributed by atoms with Gasteiger partial charge in [-0.3, -0.25) is 4.90 Å². The lowest BCUT2D eigenvalue weighted by atomic mass is 10.2. The summed E-state index contributed by atoms with van der Waals surface area (Å²) >= 11 is 0. The highest BCUT2D eigenvalue weighted by Gasteiger charge is 2.27. The van der Waals surface area contributed by atoms with Crippen LogP contribution in [0.1, 0.15) is 37.3 Å². The molecule has 0 saturated carbocycles. The molecule has 1 atom stereocenters. The Morgan fingerprint density at radius 2 is 2.10 bits per heavy atom. The summed E-state index contributed by atoms with van der Waals surface area (Å²) in [5, 5.41) is 3.15. The Kier molecular flexibility index (Phi) is 4.06. The first-order valence-corrected chi connectivity index (χ1v) is 7.40. The van der Waals surface area contributed by atoms with E-state index >= 15 is 0 Å². The van der Waals surface area contributed by atoms with Crippen LogP contribution in [-0.2, 0) is 0 Å². The molecular formula is C15H20N6. The van der Waals surface area contributed by atoms with Gasteiger partial charge in [-0.1, -0.05) is 6.92 Å². The smallest absolute Gasteiger partial charge is 0.228 e. The molecule has 6 heteroatoms. The average molecular weight is 284 g/mol. The highest BCUT2D eigenvalue weighted by atomic mass is 15.2. The third-order valence-corrected chi connectivity index (χ3v) is 3.75. The fraction of sp³-hybridized carbons (Fsp3) is 0.467. The van der Waals surface area contributed by atoms with Crippen molar-refractivity contribution < 1.29 is 0 Å². The molecule has 1 N–H and O–H groups in total. The fourth-order valence-electron chi connectivity index (χ4n) is 2.78. The Hall–Kier alpha value is -2.08. The number of nitrogens with one attached hydrogen (secondary N) is 1. The number of nitrogens with zero attached hydrogens (tertiary/aromatic N) is 5. The third-order valence-electron chi connectivity index (χ3n) is 3.75. The van der Waals surface area contributed by atoms with Crippen LogP contribution in [-0.4, -0.2) is 37.9 Å². The normalized spacial score (nSPS) is 18.9. The van der Waals surface area contributed by atoms with Crippen LogP contribution in [0.5, 0.6) is 0 Å². The minimum Gasteiger partial charge on any atom is -0.309 e. The predicted octanol–water partition coefficient (Wildman–Crippen LogP) is 2.48. The van der Waals surface area contributed by atoms with Crippen LogP contribution in [0, 0.1) is 6.92 Å². The van der Waals surface area contributed by atoms with Crippen LogP contribution < -0.4 is 5.32 Å². The van der Waals surface area contributed by atoms with E-state index in [1.165, 1.54) is 6.42 Å². The summed E-state index contributed by atoms with van der Waals surface area (Å²) in [6.07, 6.45) is 5.75. The number of hydrogen-bond donors (Lipinski definition) is 1. The molecule has 3 heterocycles. The molecule has 0 unspecified atom stereocenters. The Bertz CT molecular complexity index is 600. The van der Waals surface area contributed by atoms with Crippen molar-refractivity contribution in [3.63, 3.8) is 0 Å². The zero-order chi connectivity index (χ0) is 14.7. The lowest BCUT2D eigenvalue weighted by Gasteiger charge is -2.22. The highest BCUT2D eigenvalue weighted by molar-refractivity contribution is 5.47. The van der Waals surface area contributed by atoms with E-state index in [2.05, 4.69) is 37.1 Å². The van der Waals surface area contributed by atoms with E-state index in [4.69, 9.17) is 0 Å². The van der Waals surface area contributed by atoms with E-state index < -0.39 is 0 Å². The van der Waals surface area contributed by atoms with E-state index in [1.807, 2.05) is 13.0 Å². The summed E-state index contributed by atoms with van der Waals surface area (Å²) in [6.45, 7) is 6.34. The molecule has 0 amide bonds. The summed E-state index contributed by atoms with van der Waals surface area (Å²) in [4.78, 5) is 20.1. The lowest BCUT2D eigenvalue weighted by molar-refractivity contribution is 0.262. The van der Waals surface area contributed by atoms with Crippen molar-refractivity contribution >= 4 is 11.8 Å². The van der Waals surface area contributed by atoms with Crippen molar-refractivity contribution in [3.05, 3.63) is 36.0 Å². The van der Waals surface area contributed by atoms with E-state index in [9.17, 15) is 0 Å². The first kappa shape index (κ1) is 13.9. The second-order valence-corrected chi connectivity index (χ2v) is 5.24. The molecule has 6 nitrogen and oxygen atoms in total. The molecule has 0 aromatic carbocycles. The molecule has 2 aromatic heterocycles. The number of likely N-dealkylation sites (tertiary alicyclic amines) is 1. The Labute approximate surface area is 124 Å². The van der Waals surface area contributed by atoms with Gasteiger partial charge < -0.3 is 5.32 Å². The molecule has 0 radical (unpaired) electrons. The highest BCUT2D eigenvalue weighted by Crippen LogP contribution is 2.30. The fourth-order valence-corrected chi connectivity index (χ4v) is 2.78. The van der Waals surface area contributed by atoms with Crippen molar-refractivity contribution in [3.8, 4) is 0 Å². The van der Waals surface area contributed by atoms with Crippen LogP contribution in [0.3, 0.4) is 0 Å². The van der Waals surface area contributed by atoms with Crippen molar-refractivity contribution in [2.24, 2.45) is 0 Å². The number of rotatable bonds is 4. The molecule has 2 aromatic rings. The van der Waals surface area contributed by atoms with Gasteiger partial charge in [-0.15, -0.1) is 0 Å². The molecule has 3 rings (SSSR count). The van der Waals surface area contributed by atoms with Crippen molar-refractivity contribution in [2.45, 2.75) is 32.7 Å². The number of anilines is 2. The number of hydrogen-bond acceptors (Lipinski definition) is 6. The first-order chi connectivity index (χ1) is 10.3. The summed E-state index contributed by atoms with van der Waals surface area (Å²) in [7, 11) is 0. The first-order valence-electron chi connectivity index (χ1n) is 7.40. The third kappa shape index (κ3) is 3.16. The SMILES string of the molecule is CCN1CCC[C@@H]1c1nc(C)cc(Nc2ncccn2)n1. The van der Waals surface area contributed by atoms with Crippen LogP contribution in [0.2, 0.25) is 0 Å². The molecule has 21 heavy (non-hydrogen) atoms. The Morgan fingerprint density at radius 3 is 2.86 bits per heavy atom. The van der Waals surface area contributed by atoms with Crippen molar-refractivity contribution in [2.75, 3.05) is 18.4 Å². The molecule has 1 aliphatic rings. The van der Waals surface area contributed by atoms with Gasteiger partial charge in [0.15, 0.2) is 0 Å². The quantitative estimate of drug-likeness (QED) is 0.930. The zero-order valence-electron chi connectivity index (χ0n) is 12.5. The van der Waals surface area contributed by atoms with Gasteiger partial charge in [0.25, 0.3) is 0 Å². The number of aromatic nitrogens is 4. The van der Waals surface area contributed by atoms with Crippen molar-refractivity contribution in [1.82, 2.24) is 24.8 Å². The van der Waals surface area contributed by atoms with Gasteiger partial charge in [0.05, 0.1) is 6.04 Å². The standard InChI is InChI=1S/C15H20N6/c1-3-21-9-4-6-12(21)14-18-11(2)10-13(19-14)20-15-16-7-5-8-17-15/h5,7-8,10,12H,3-4,6,9H2,1-2H3,(H,16,17,18,19,20)/t12-/m1/s1. The maximum Gasteiger partial charge on any atom is 0.228 e. The Morgan fingerprint density at radius 1 is 1.29 bits per heavy atom. The summed E-state index contributed by atoms with van der Waals surface area (Å²) in [5.41, 5.74) is 0.960. The molecule has 1 saturated heterocycles.